The van der Waals surface area contributed by atoms with Crippen LogP contribution in [0.2, 0.25) is 10.0 Å². The first-order valence-electron chi connectivity index (χ1n) is 6.02. The molecule has 0 bridgehead atoms. The van der Waals surface area contributed by atoms with Crippen molar-refractivity contribution in [2.75, 3.05) is 14.1 Å². The maximum Gasteiger partial charge on any atom is 0.123 e. The Bertz CT molecular complexity index is 617. The van der Waals surface area contributed by atoms with Gasteiger partial charge in [0.05, 0.1) is 5.02 Å². The summed E-state index contributed by atoms with van der Waals surface area (Å²) >= 11 is 13.7. The van der Waals surface area contributed by atoms with Gasteiger partial charge in [-0.2, -0.15) is 0 Å². The number of halogens is 3. The number of rotatable bonds is 4. The zero-order valence-corrected chi connectivity index (χ0v) is 13.5. The molecule has 0 N–H and O–H groups in total. The molecule has 106 valence electrons. The van der Waals surface area contributed by atoms with Gasteiger partial charge in [-0.05, 0) is 56.1 Å². The zero-order chi connectivity index (χ0) is 14.7. The van der Waals surface area contributed by atoms with E-state index in [2.05, 4.69) is 0 Å². The minimum Gasteiger partial charge on any atom is -0.305 e. The van der Waals surface area contributed by atoms with Crippen LogP contribution in [0.4, 0.5) is 4.39 Å². The Labute approximate surface area is 132 Å². The van der Waals surface area contributed by atoms with Crippen LogP contribution in [0.25, 0.3) is 0 Å². The van der Waals surface area contributed by atoms with E-state index in [0.717, 1.165) is 15.4 Å². The van der Waals surface area contributed by atoms with Crippen molar-refractivity contribution in [3.05, 3.63) is 57.8 Å². The largest absolute Gasteiger partial charge is 0.305 e. The van der Waals surface area contributed by atoms with Gasteiger partial charge < -0.3 is 4.90 Å². The van der Waals surface area contributed by atoms with Crippen molar-refractivity contribution in [3.8, 4) is 0 Å². The molecule has 0 aliphatic heterocycles. The maximum absolute atomic E-state index is 13.4. The van der Waals surface area contributed by atoms with E-state index >= 15 is 0 Å². The lowest BCUT2D eigenvalue weighted by Gasteiger charge is -2.14. The van der Waals surface area contributed by atoms with Crippen molar-refractivity contribution in [1.82, 2.24) is 4.90 Å². The van der Waals surface area contributed by atoms with E-state index in [1.54, 1.807) is 24.3 Å². The third kappa shape index (κ3) is 4.13. The van der Waals surface area contributed by atoms with Crippen LogP contribution in [0.15, 0.2) is 46.2 Å². The van der Waals surface area contributed by atoms with Crippen LogP contribution in [-0.4, -0.2) is 19.0 Å². The van der Waals surface area contributed by atoms with E-state index in [-0.39, 0.29) is 5.82 Å². The highest BCUT2D eigenvalue weighted by molar-refractivity contribution is 7.99. The van der Waals surface area contributed by atoms with E-state index < -0.39 is 0 Å². The van der Waals surface area contributed by atoms with Crippen molar-refractivity contribution in [3.63, 3.8) is 0 Å². The summed E-state index contributed by atoms with van der Waals surface area (Å²) < 4.78 is 13.4. The monoisotopic (exact) mass is 329 g/mol. The summed E-state index contributed by atoms with van der Waals surface area (Å²) in [6, 6.07) is 10.1. The van der Waals surface area contributed by atoms with Crippen molar-refractivity contribution < 1.29 is 4.39 Å². The molecule has 0 unspecified atom stereocenters. The molecule has 0 saturated carbocycles. The average Bonchev–Trinajstić information content (AvgIpc) is 2.36. The van der Waals surface area contributed by atoms with Crippen molar-refractivity contribution >= 4 is 35.0 Å². The summed E-state index contributed by atoms with van der Waals surface area (Å²) in [4.78, 5) is 3.84. The summed E-state index contributed by atoms with van der Waals surface area (Å²) in [5, 5.41) is 1.27. The van der Waals surface area contributed by atoms with Gasteiger partial charge in [0.15, 0.2) is 0 Å². The molecule has 0 heterocycles. The third-order valence-corrected chi connectivity index (χ3v) is 4.47. The zero-order valence-electron chi connectivity index (χ0n) is 11.2. The number of nitrogens with zero attached hydrogens (tertiary/aromatic N) is 1. The first-order valence-corrected chi connectivity index (χ1v) is 7.59. The Morgan fingerprint density at radius 3 is 2.50 bits per heavy atom. The van der Waals surface area contributed by atoms with Gasteiger partial charge in [0, 0.05) is 21.4 Å². The topological polar surface area (TPSA) is 3.24 Å². The van der Waals surface area contributed by atoms with Gasteiger partial charge in [0.2, 0.25) is 0 Å². The molecule has 2 rings (SSSR count). The van der Waals surface area contributed by atoms with Crippen LogP contribution in [-0.2, 0) is 6.54 Å². The van der Waals surface area contributed by atoms with Crippen molar-refractivity contribution in [1.29, 1.82) is 0 Å². The summed E-state index contributed by atoms with van der Waals surface area (Å²) in [7, 11) is 3.90. The fourth-order valence-corrected chi connectivity index (χ4v) is 3.23. The molecular weight excluding hydrogens is 316 g/mol. The average molecular weight is 330 g/mol. The summed E-state index contributed by atoms with van der Waals surface area (Å²) in [6.45, 7) is 0.665. The molecule has 0 fully saturated rings. The molecule has 0 aliphatic rings. The molecule has 2 aromatic carbocycles. The summed E-state index contributed by atoms with van der Waals surface area (Å²) in [6.07, 6.45) is 0. The normalized spacial score (nSPS) is 11.1. The highest BCUT2D eigenvalue weighted by Crippen LogP contribution is 2.37. The molecule has 1 nitrogen and oxygen atoms in total. The van der Waals surface area contributed by atoms with Crippen molar-refractivity contribution in [2.24, 2.45) is 0 Å². The predicted molar refractivity (Wildman–Crippen MR) is 84.4 cm³/mol. The SMILES string of the molecule is CN(C)Cc1cc(F)ccc1Sc1cc(Cl)ccc1Cl. The summed E-state index contributed by atoms with van der Waals surface area (Å²) in [5.74, 6) is -0.233. The molecular formula is C15H14Cl2FNS. The minimum atomic E-state index is -0.233. The quantitative estimate of drug-likeness (QED) is 0.744. The van der Waals surface area contributed by atoms with E-state index in [1.165, 1.54) is 17.8 Å². The lowest BCUT2D eigenvalue weighted by molar-refractivity contribution is 0.398. The van der Waals surface area contributed by atoms with Gasteiger partial charge in [0.1, 0.15) is 5.82 Å². The fraction of sp³-hybridized carbons (Fsp3) is 0.200. The molecule has 0 spiro atoms. The third-order valence-electron chi connectivity index (χ3n) is 2.62. The number of hydrogen-bond donors (Lipinski definition) is 0. The molecule has 0 amide bonds. The van der Waals surface area contributed by atoms with Gasteiger partial charge >= 0.3 is 0 Å². The van der Waals surface area contributed by atoms with Gasteiger partial charge in [-0.25, -0.2) is 4.39 Å². The van der Waals surface area contributed by atoms with Gasteiger partial charge in [-0.3, -0.25) is 0 Å². The Morgan fingerprint density at radius 1 is 1.05 bits per heavy atom. The second-order valence-corrected chi connectivity index (χ2v) is 6.59. The Hall–Kier alpha value is -0.740. The minimum absolute atomic E-state index is 0.233. The molecule has 0 aromatic heterocycles. The van der Waals surface area contributed by atoms with Crippen LogP contribution in [0, 0.1) is 5.82 Å². The highest BCUT2D eigenvalue weighted by atomic mass is 35.5. The molecule has 0 aliphatic carbocycles. The molecule has 20 heavy (non-hydrogen) atoms. The lowest BCUT2D eigenvalue weighted by Crippen LogP contribution is -2.11. The molecule has 5 heteroatoms. The fourth-order valence-electron chi connectivity index (χ4n) is 1.79. The van der Waals surface area contributed by atoms with E-state index in [4.69, 9.17) is 23.2 Å². The predicted octanol–water partition coefficient (Wildman–Crippen LogP) is 5.35. The maximum atomic E-state index is 13.4. The molecule has 2 aromatic rings. The van der Waals surface area contributed by atoms with E-state index in [9.17, 15) is 4.39 Å². The van der Waals surface area contributed by atoms with E-state index in [1.807, 2.05) is 25.1 Å². The highest BCUT2D eigenvalue weighted by Gasteiger charge is 2.10. The summed E-state index contributed by atoms with van der Waals surface area (Å²) in [5.41, 5.74) is 0.927. The van der Waals surface area contributed by atoms with Gasteiger partial charge in [0.25, 0.3) is 0 Å². The Morgan fingerprint density at radius 2 is 1.80 bits per heavy atom. The van der Waals surface area contributed by atoms with Crippen LogP contribution in [0.3, 0.4) is 0 Å². The smallest absolute Gasteiger partial charge is 0.123 e. The number of benzene rings is 2. The van der Waals surface area contributed by atoms with Crippen LogP contribution < -0.4 is 0 Å². The van der Waals surface area contributed by atoms with Gasteiger partial charge in [-0.15, -0.1) is 0 Å². The Kier molecular flexibility index (Phi) is 5.33. The van der Waals surface area contributed by atoms with E-state index in [0.29, 0.717) is 16.6 Å². The van der Waals surface area contributed by atoms with Crippen LogP contribution >= 0.6 is 35.0 Å². The van der Waals surface area contributed by atoms with Crippen molar-refractivity contribution in [2.45, 2.75) is 16.3 Å². The van der Waals surface area contributed by atoms with Gasteiger partial charge in [-0.1, -0.05) is 35.0 Å². The van der Waals surface area contributed by atoms with Crippen LogP contribution in [0.5, 0.6) is 0 Å². The molecule has 0 saturated heterocycles. The first-order chi connectivity index (χ1) is 9.45. The first kappa shape index (κ1) is 15.6. The second kappa shape index (κ2) is 6.81. The lowest BCUT2D eigenvalue weighted by atomic mass is 10.2. The Balaban J connectivity index is 2.35. The standard InChI is InChI=1S/C15H14Cl2FNS/c1-19(2)9-10-7-12(18)4-6-14(10)20-15-8-11(16)3-5-13(15)17/h3-8H,9H2,1-2H3. The number of hydrogen-bond acceptors (Lipinski definition) is 2. The van der Waals surface area contributed by atoms with Crippen LogP contribution in [0.1, 0.15) is 5.56 Å². The molecule has 0 atom stereocenters. The molecule has 0 radical (unpaired) electrons. The second-order valence-electron chi connectivity index (χ2n) is 4.67.